The van der Waals surface area contributed by atoms with Crippen LogP contribution in [0, 0.1) is 5.92 Å². The minimum Gasteiger partial charge on any atom is -0.299 e. The van der Waals surface area contributed by atoms with Gasteiger partial charge in [0, 0.05) is 6.42 Å². The van der Waals surface area contributed by atoms with E-state index in [1.165, 1.54) is 0 Å². The van der Waals surface area contributed by atoms with E-state index in [-0.39, 0.29) is 12.8 Å². The second kappa shape index (κ2) is 2.32. The minimum atomic E-state index is -4.85. The van der Waals surface area contributed by atoms with E-state index < -0.39 is 23.7 Å². The van der Waals surface area contributed by atoms with Crippen molar-refractivity contribution in [3.05, 3.63) is 0 Å². The first-order valence-electron chi connectivity index (χ1n) is 3.06. The van der Waals surface area contributed by atoms with Crippen molar-refractivity contribution in [2.45, 2.75) is 19.0 Å². The monoisotopic (exact) mass is 166 g/mol. The normalized spacial score (nSPS) is 24.6. The van der Waals surface area contributed by atoms with Gasteiger partial charge >= 0.3 is 6.18 Å². The van der Waals surface area contributed by atoms with Crippen LogP contribution in [-0.4, -0.2) is 17.7 Å². The number of Topliss-reactive ketones (excluding diaryl/α,β-unsaturated/α-hetero) is 2. The van der Waals surface area contributed by atoms with Crippen molar-refractivity contribution in [2.24, 2.45) is 5.92 Å². The Morgan fingerprint density at radius 3 is 2.09 bits per heavy atom. The summed E-state index contributed by atoms with van der Waals surface area (Å²) in [4.78, 5) is 20.7. The first-order chi connectivity index (χ1) is 4.93. The van der Waals surface area contributed by atoms with Gasteiger partial charge in [0.25, 0.3) is 0 Å². The molecule has 0 heterocycles. The third-order valence-electron chi connectivity index (χ3n) is 1.66. The van der Waals surface area contributed by atoms with Crippen molar-refractivity contribution in [3.8, 4) is 0 Å². The van der Waals surface area contributed by atoms with Gasteiger partial charge in [-0.15, -0.1) is 0 Å². The van der Waals surface area contributed by atoms with E-state index in [2.05, 4.69) is 0 Å². The van der Waals surface area contributed by atoms with Crippen LogP contribution in [0.15, 0.2) is 0 Å². The molecule has 1 aliphatic carbocycles. The molecule has 0 amide bonds. The number of rotatable bonds is 1. The lowest BCUT2D eigenvalue weighted by Crippen LogP contribution is -2.40. The Morgan fingerprint density at radius 2 is 2.00 bits per heavy atom. The fourth-order valence-corrected chi connectivity index (χ4v) is 0.881. The molecule has 0 radical (unpaired) electrons. The fraction of sp³-hybridized carbons (Fsp3) is 0.667. The number of carbonyl (C=O) groups excluding carboxylic acids is 2. The second-order valence-corrected chi connectivity index (χ2v) is 2.42. The maximum Gasteiger partial charge on any atom is 0.450 e. The van der Waals surface area contributed by atoms with Crippen molar-refractivity contribution in [3.63, 3.8) is 0 Å². The van der Waals surface area contributed by atoms with Crippen LogP contribution < -0.4 is 0 Å². The molecule has 1 saturated carbocycles. The Labute approximate surface area is 60.4 Å². The zero-order valence-electron chi connectivity index (χ0n) is 5.44. The number of alkyl halides is 3. The van der Waals surface area contributed by atoms with E-state index in [1.807, 2.05) is 0 Å². The average Bonchev–Trinajstić information content (AvgIpc) is 1.83. The Kier molecular flexibility index (Phi) is 1.74. The molecule has 1 unspecified atom stereocenters. The van der Waals surface area contributed by atoms with Gasteiger partial charge in [0.05, 0.1) is 5.92 Å². The van der Waals surface area contributed by atoms with Crippen molar-refractivity contribution < 1.29 is 22.8 Å². The summed E-state index contributed by atoms with van der Waals surface area (Å²) in [5, 5.41) is 0. The topological polar surface area (TPSA) is 34.1 Å². The van der Waals surface area contributed by atoms with Crippen molar-refractivity contribution in [1.29, 1.82) is 0 Å². The fourth-order valence-electron chi connectivity index (χ4n) is 0.881. The lowest BCUT2D eigenvalue weighted by atomic mass is 9.80. The van der Waals surface area contributed by atoms with Gasteiger partial charge in [-0.1, -0.05) is 0 Å². The van der Waals surface area contributed by atoms with Gasteiger partial charge in [-0.05, 0) is 6.42 Å². The lowest BCUT2D eigenvalue weighted by Gasteiger charge is -2.22. The summed E-state index contributed by atoms with van der Waals surface area (Å²) in [6, 6.07) is 0. The molecule has 0 bridgehead atoms. The number of hydrogen-bond acceptors (Lipinski definition) is 2. The maximum atomic E-state index is 11.6. The highest BCUT2D eigenvalue weighted by molar-refractivity contribution is 6.08. The SMILES string of the molecule is O=C1CCC1C(=O)C(F)(F)F. The summed E-state index contributed by atoms with van der Waals surface area (Å²) in [6.45, 7) is 0. The van der Waals surface area contributed by atoms with Gasteiger partial charge in [0.15, 0.2) is 0 Å². The summed E-state index contributed by atoms with van der Waals surface area (Å²) >= 11 is 0. The van der Waals surface area contributed by atoms with E-state index >= 15 is 0 Å². The summed E-state index contributed by atoms with van der Waals surface area (Å²) in [6.07, 6.45) is -4.69. The Hall–Kier alpha value is -0.870. The molecule has 0 aromatic heterocycles. The lowest BCUT2D eigenvalue weighted by molar-refractivity contribution is -0.179. The van der Waals surface area contributed by atoms with E-state index in [0.29, 0.717) is 0 Å². The predicted molar refractivity (Wildman–Crippen MR) is 28.8 cm³/mol. The first kappa shape index (κ1) is 8.23. The van der Waals surface area contributed by atoms with Crippen molar-refractivity contribution in [2.75, 3.05) is 0 Å². The van der Waals surface area contributed by atoms with Crippen molar-refractivity contribution >= 4 is 11.6 Å². The van der Waals surface area contributed by atoms with Gasteiger partial charge in [-0.2, -0.15) is 13.2 Å². The van der Waals surface area contributed by atoms with Crippen LogP contribution in [0.25, 0.3) is 0 Å². The summed E-state index contributed by atoms with van der Waals surface area (Å²) in [5.41, 5.74) is 0. The molecule has 0 N–H and O–H groups in total. The Balaban J connectivity index is 2.62. The Morgan fingerprint density at radius 1 is 1.45 bits per heavy atom. The van der Waals surface area contributed by atoms with Crippen LogP contribution in [0.1, 0.15) is 12.8 Å². The van der Waals surface area contributed by atoms with E-state index in [9.17, 15) is 22.8 Å². The van der Waals surface area contributed by atoms with Crippen LogP contribution in [0.2, 0.25) is 0 Å². The van der Waals surface area contributed by atoms with E-state index in [1.54, 1.807) is 0 Å². The van der Waals surface area contributed by atoms with Crippen LogP contribution >= 0.6 is 0 Å². The zero-order valence-corrected chi connectivity index (χ0v) is 5.44. The predicted octanol–water partition coefficient (Wildman–Crippen LogP) is 1.10. The molecule has 0 aromatic rings. The molecular weight excluding hydrogens is 161 g/mol. The van der Waals surface area contributed by atoms with Gasteiger partial charge in [-0.3, -0.25) is 9.59 Å². The standard InChI is InChI=1S/C6H5F3O2/c7-6(8,9)5(11)3-1-2-4(3)10/h3H,1-2H2. The molecule has 62 valence electrons. The molecule has 0 spiro atoms. The summed E-state index contributed by atoms with van der Waals surface area (Å²) < 4.78 is 34.8. The number of carbonyl (C=O) groups is 2. The van der Waals surface area contributed by atoms with Crippen molar-refractivity contribution in [1.82, 2.24) is 0 Å². The first-order valence-corrected chi connectivity index (χ1v) is 3.06. The van der Waals surface area contributed by atoms with E-state index in [0.717, 1.165) is 0 Å². The van der Waals surface area contributed by atoms with Gasteiger partial charge in [0.1, 0.15) is 5.78 Å². The van der Waals surface area contributed by atoms with Crippen LogP contribution in [0.3, 0.4) is 0 Å². The molecular formula is C6H5F3O2. The highest BCUT2D eigenvalue weighted by Gasteiger charge is 2.49. The third-order valence-corrected chi connectivity index (χ3v) is 1.66. The smallest absolute Gasteiger partial charge is 0.299 e. The van der Waals surface area contributed by atoms with Crippen LogP contribution in [0.4, 0.5) is 13.2 Å². The van der Waals surface area contributed by atoms with Crippen LogP contribution in [-0.2, 0) is 9.59 Å². The molecule has 1 fully saturated rings. The highest BCUT2D eigenvalue weighted by Crippen LogP contribution is 2.30. The molecule has 1 aliphatic rings. The average molecular weight is 166 g/mol. The van der Waals surface area contributed by atoms with Crippen LogP contribution in [0.5, 0.6) is 0 Å². The largest absolute Gasteiger partial charge is 0.450 e. The quantitative estimate of drug-likeness (QED) is 0.546. The molecule has 5 heteroatoms. The van der Waals surface area contributed by atoms with Gasteiger partial charge < -0.3 is 0 Å². The molecule has 11 heavy (non-hydrogen) atoms. The minimum absolute atomic E-state index is 0.0528. The second-order valence-electron chi connectivity index (χ2n) is 2.42. The molecule has 1 atom stereocenters. The van der Waals surface area contributed by atoms with Gasteiger partial charge in [-0.25, -0.2) is 0 Å². The third kappa shape index (κ3) is 1.41. The number of ketones is 2. The van der Waals surface area contributed by atoms with Gasteiger partial charge in [0.2, 0.25) is 5.78 Å². The summed E-state index contributed by atoms with van der Waals surface area (Å²) in [7, 11) is 0. The highest BCUT2D eigenvalue weighted by atomic mass is 19.4. The number of hydrogen-bond donors (Lipinski definition) is 0. The van der Waals surface area contributed by atoms with E-state index in [4.69, 9.17) is 0 Å². The summed E-state index contributed by atoms with van der Waals surface area (Å²) in [5.74, 6) is -3.88. The number of halogens is 3. The maximum absolute atomic E-state index is 11.6. The zero-order chi connectivity index (χ0) is 8.65. The molecule has 2 nitrogen and oxygen atoms in total. The molecule has 0 saturated heterocycles. The molecule has 1 rings (SSSR count). The Bertz CT molecular complexity index is 206. The molecule has 0 aromatic carbocycles. The molecule has 0 aliphatic heterocycles.